The van der Waals surface area contributed by atoms with Gasteiger partial charge in [0.25, 0.3) is 0 Å². The molecule has 0 radical (unpaired) electrons. The summed E-state index contributed by atoms with van der Waals surface area (Å²) in [7, 11) is 1.61. The molecule has 1 aromatic rings. The molecule has 0 aromatic heterocycles. The number of ether oxygens (including phenoxy) is 5. The first-order chi connectivity index (χ1) is 17.0. The van der Waals surface area contributed by atoms with E-state index in [2.05, 4.69) is 4.90 Å². The van der Waals surface area contributed by atoms with Crippen LogP contribution in [0.5, 0.6) is 11.5 Å². The van der Waals surface area contributed by atoms with Crippen molar-refractivity contribution in [2.24, 2.45) is 0 Å². The highest BCUT2D eigenvalue weighted by molar-refractivity contribution is 5.79. The third-order valence-corrected chi connectivity index (χ3v) is 8.99. The first kappa shape index (κ1) is 24.4. The van der Waals surface area contributed by atoms with E-state index >= 15 is 0 Å². The van der Waals surface area contributed by atoms with Gasteiger partial charge in [-0.2, -0.15) is 0 Å². The van der Waals surface area contributed by atoms with Crippen molar-refractivity contribution in [3.63, 3.8) is 0 Å². The molecule has 1 aliphatic carbocycles. The third-order valence-electron chi connectivity index (χ3n) is 8.99. The summed E-state index contributed by atoms with van der Waals surface area (Å²) >= 11 is 0. The van der Waals surface area contributed by atoms with Gasteiger partial charge in [-0.3, -0.25) is 4.90 Å². The van der Waals surface area contributed by atoms with Crippen LogP contribution in [0.3, 0.4) is 0 Å². The Balaban J connectivity index is 1.38. The molecule has 1 saturated carbocycles. The van der Waals surface area contributed by atoms with Crippen LogP contribution in [0.25, 0.3) is 0 Å². The topological polar surface area (TPSA) is 107 Å². The van der Waals surface area contributed by atoms with Gasteiger partial charge in [-0.15, -0.1) is 0 Å². The summed E-state index contributed by atoms with van der Waals surface area (Å²) in [5.74, 6) is -0.631. The molecular weight excluding hydrogens is 466 g/mol. The van der Waals surface area contributed by atoms with Crippen molar-refractivity contribution < 1.29 is 38.7 Å². The van der Waals surface area contributed by atoms with Crippen molar-refractivity contribution in [2.45, 2.75) is 100.0 Å². The SMILES string of the molecule is CO[C@]12C[C@]34CCCN3C[C@@H](O1)c1cc3c(cc1[C@@H]4C2OC(=O)C(C)(O)CCCC(C)(C)O)OCO3. The fourth-order valence-electron chi connectivity index (χ4n) is 7.28. The predicted octanol–water partition coefficient (Wildman–Crippen LogP) is 2.77. The molecule has 5 aliphatic heterocycles. The summed E-state index contributed by atoms with van der Waals surface area (Å²) in [4.78, 5) is 16.0. The minimum absolute atomic E-state index is 0.180. The highest BCUT2D eigenvalue weighted by Gasteiger charge is 2.72. The molecule has 9 nitrogen and oxygen atoms in total. The molecule has 4 bridgehead atoms. The average Bonchev–Trinajstić information content (AvgIpc) is 3.42. The predicted molar refractivity (Wildman–Crippen MR) is 128 cm³/mol. The lowest BCUT2D eigenvalue weighted by atomic mass is 9.78. The summed E-state index contributed by atoms with van der Waals surface area (Å²) in [5, 5.41) is 21.1. The van der Waals surface area contributed by atoms with E-state index in [1.165, 1.54) is 6.92 Å². The van der Waals surface area contributed by atoms with Gasteiger partial charge < -0.3 is 33.9 Å². The van der Waals surface area contributed by atoms with Crippen LogP contribution in [0.1, 0.15) is 82.4 Å². The highest BCUT2D eigenvalue weighted by atomic mass is 16.7. The van der Waals surface area contributed by atoms with Crippen molar-refractivity contribution in [3.8, 4) is 11.5 Å². The molecule has 6 atom stereocenters. The summed E-state index contributed by atoms with van der Waals surface area (Å²) in [6, 6.07) is 4.04. The van der Waals surface area contributed by atoms with Gasteiger partial charge in [-0.05, 0) is 82.7 Å². The Hall–Kier alpha value is -1.91. The van der Waals surface area contributed by atoms with Gasteiger partial charge in [0.1, 0.15) is 0 Å². The molecule has 2 unspecified atom stereocenters. The molecule has 2 saturated heterocycles. The molecule has 198 valence electrons. The zero-order valence-corrected chi connectivity index (χ0v) is 21.5. The van der Waals surface area contributed by atoms with Crippen molar-refractivity contribution in [3.05, 3.63) is 23.3 Å². The van der Waals surface area contributed by atoms with Gasteiger partial charge in [0.2, 0.25) is 12.6 Å². The zero-order chi connectivity index (χ0) is 25.5. The summed E-state index contributed by atoms with van der Waals surface area (Å²) in [5.41, 5.74) is -0.773. The molecule has 1 spiro atoms. The van der Waals surface area contributed by atoms with Crippen molar-refractivity contribution in [1.29, 1.82) is 0 Å². The quantitative estimate of drug-likeness (QED) is 0.543. The molecule has 2 N–H and O–H groups in total. The monoisotopic (exact) mass is 503 g/mol. The van der Waals surface area contributed by atoms with Gasteiger partial charge in [0, 0.05) is 31.5 Å². The number of fused-ring (bicyclic) bond motifs is 1. The van der Waals surface area contributed by atoms with E-state index < -0.39 is 29.1 Å². The maximum atomic E-state index is 13.5. The van der Waals surface area contributed by atoms with E-state index in [1.54, 1.807) is 21.0 Å². The molecule has 5 heterocycles. The van der Waals surface area contributed by atoms with Crippen LogP contribution < -0.4 is 9.47 Å². The average molecular weight is 504 g/mol. The van der Waals surface area contributed by atoms with E-state index in [4.69, 9.17) is 23.7 Å². The second-order valence-corrected chi connectivity index (χ2v) is 12.0. The molecule has 0 amide bonds. The second kappa shape index (κ2) is 8.04. The number of hydrogen-bond acceptors (Lipinski definition) is 9. The van der Waals surface area contributed by atoms with Crippen LogP contribution in [0.4, 0.5) is 0 Å². The van der Waals surface area contributed by atoms with Crippen molar-refractivity contribution >= 4 is 5.97 Å². The van der Waals surface area contributed by atoms with E-state index in [1.807, 2.05) is 12.1 Å². The second-order valence-electron chi connectivity index (χ2n) is 12.0. The summed E-state index contributed by atoms with van der Waals surface area (Å²) in [6.07, 6.45) is 2.72. The Labute approximate surface area is 211 Å². The molecular formula is C27H37NO8. The molecule has 7 rings (SSSR count). The van der Waals surface area contributed by atoms with Crippen LogP contribution in [-0.2, 0) is 19.0 Å². The third kappa shape index (κ3) is 3.58. The number of aliphatic hydroxyl groups is 2. The minimum atomic E-state index is -1.70. The Morgan fingerprint density at radius 3 is 2.58 bits per heavy atom. The molecule has 36 heavy (non-hydrogen) atoms. The van der Waals surface area contributed by atoms with Gasteiger partial charge >= 0.3 is 5.97 Å². The first-order valence-corrected chi connectivity index (χ1v) is 13.1. The number of benzene rings is 1. The Kier molecular flexibility index (Phi) is 5.46. The fraction of sp³-hybridized carbons (Fsp3) is 0.741. The van der Waals surface area contributed by atoms with Crippen LogP contribution in [0.15, 0.2) is 12.1 Å². The highest BCUT2D eigenvalue weighted by Crippen LogP contribution is 2.65. The fourth-order valence-corrected chi connectivity index (χ4v) is 7.28. The molecule has 6 aliphatic rings. The standard InChI is InChI=1S/C27H37NO8/c1-24(2,30)7-5-8-25(3,31)23(29)35-22-21-17-12-19-18(33-15-34-19)11-16(17)20-13-28-10-6-9-26(21,28)14-27(22,32-4)36-20/h11-12,20-22,30-31H,5-10,13-15H2,1-4H3/t20-,21-,22?,25?,26+,27-/m1/s1. The lowest BCUT2D eigenvalue weighted by Crippen LogP contribution is -2.51. The number of esters is 1. The summed E-state index contributed by atoms with van der Waals surface area (Å²) < 4.78 is 30.5. The number of carbonyl (C=O) groups is 1. The van der Waals surface area contributed by atoms with E-state index in [0.717, 1.165) is 37.1 Å². The maximum absolute atomic E-state index is 13.5. The van der Waals surface area contributed by atoms with Crippen molar-refractivity contribution in [2.75, 3.05) is 27.0 Å². The number of hydrogen-bond donors (Lipinski definition) is 2. The van der Waals surface area contributed by atoms with Gasteiger partial charge in [0.05, 0.1) is 11.7 Å². The van der Waals surface area contributed by atoms with Crippen LogP contribution in [-0.4, -0.2) is 76.7 Å². The van der Waals surface area contributed by atoms with E-state index in [-0.39, 0.29) is 30.8 Å². The van der Waals surface area contributed by atoms with Crippen molar-refractivity contribution in [1.82, 2.24) is 4.90 Å². The summed E-state index contributed by atoms with van der Waals surface area (Å²) in [6.45, 7) is 6.79. The zero-order valence-electron chi connectivity index (χ0n) is 21.5. The van der Waals surface area contributed by atoms with Crippen LogP contribution in [0, 0.1) is 0 Å². The maximum Gasteiger partial charge on any atom is 0.338 e. The Morgan fingerprint density at radius 2 is 1.89 bits per heavy atom. The number of carbonyl (C=O) groups excluding carboxylic acids is 1. The Bertz CT molecular complexity index is 1070. The van der Waals surface area contributed by atoms with E-state index in [0.29, 0.717) is 30.8 Å². The first-order valence-electron chi connectivity index (χ1n) is 13.1. The minimum Gasteiger partial charge on any atom is -0.454 e. The number of nitrogens with zero attached hydrogens (tertiary/aromatic N) is 1. The molecule has 9 heteroatoms. The largest absolute Gasteiger partial charge is 0.454 e. The van der Waals surface area contributed by atoms with Gasteiger partial charge in [-0.1, -0.05) is 0 Å². The van der Waals surface area contributed by atoms with E-state index in [9.17, 15) is 15.0 Å². The number of rotatable bonds is 7. The number of methoxy groups -OCH3 is 1. The normalized spacial score (nSPS) is 35.8. The molecule has 1 aromatic carbocycles. The lowest BCUT2D eigenvalue weighted by Gasteiger charge is -2.40. The van der Waals surface area contributed by atoms with Crippen LogP contribution in [0.2, 0.25) is 0 Å². The smallest absolute Gasteiger partial charge is 0.338 e. The Morgan fingerprint density at radius 1 is 1.17 bits per heavy atom. The lowest BCUT2D eigenvalue weighted by molar-refractivity contribution is -0.284. The molecule has 3 fully saturated rings. The van der Waals surface area contributed by atoms with Gasteiger partial charge in [0.15, 0.2) is 23.2 Å². The van der Waals surface area contributed by atoms with Gasteiger partial charge in [-0.25, -0.2) is 4.79 Å². The van der Waals surface area contributed by atoms with Crippen LogP contribution >= 0.6 is 0 Å².